The highest BCUT2D eigenvalue weighted by atomic mass is 16.5. The van der Waals surface area contributed by atoms with Gasteiger partial charge in [-0.25, -0.2) is 9.97 Å². The molecule has 0 saturated carbocycles. The van der Waals surface area contributed by atoms with Crippen LogP contribution in [0.4, 0.5) is 11.5 Å². The van der Waals surface area contributed by atoms with Crippen LogP contribution in [0.3, 0.4) is 0 Å². The van der Waals surface area contributed by atoms with Crippen LogP contribution in [0.25, 0.3) is 10.9 Å². The number of pyridine rings is 1. The molecule has 0 unspecified atom stereocenters. The second-order valence-electron chi connectivity index (χ2n) is 5.04. The van der Waals surface area contributed by atoms with Crippen molar-refractivity contribution in [3.05, 3.63) is 54.6 Å². The Labute approximate surface area is 139 Å². The largest absolute Gasteiger partial charge is 0.383 e. The molecule has 7 nitrogen and oxygen atoms in total. The van der Waals surface area contributed by atoms with Gasteiger partial charge in [0, 0.05) is 25.2 Å². The molecular weight excluding hydrogens is 306 g/mol. The number of ether oxygens (including phenoxy) is 1. The van der Waals surface area contributed by atoms with Gasteiger partial charge in [0.2, 0.25) is 0 Å². The molecule has 3 rings (SSSR count). The van der Waals surface area contributed by atoms with Crippen LogP contribution in [-0.2, 0) is 4.74 Å². The van der Waals surface area contributed by atoms with Gasteiger partial charge in [0.1, 0.15) is 11.5 Å². The van der Waals surface area contributed by atoms with Crippen LogP contribution in [0.1, 0.15) is 10.5 Å². The molecule has 0 aliphatic carbocycles. The van der Waals surface area contributed by atoms with Crippen molar-refractivity contribution in [2.24, 2.45) is 0 Å². The highest BCUT2D eigenvalue weighted by Gasteiger charge is 2.08. The van der Waals surface area contributed by atoms with Crippen molar-refractivity contribution in [3.8, 4) is 0 Å². The smallest absolute Gasteiger partial charge is 0.271 e. The van der Waals surface area contributed by atoms with Crippen molar-refractivity contribution in [2.45, 2.75) is 0 Å². The van der Waals surface area contributed by atoms with Crippen molar-refractivity contribution in [3.63, 3.8) is 0 Å². The van der Waals surface area contributed by atoms with Crippen LogP contribution in [0.15, 0.2) is 48.9 Å². The molecular formula is C17H17N5O2. The van der Waals surface area contributed by atoms with Crippen LogP contribution >= 0.6 is 0 Å². The normalized spacial score (nSPS) is 10.5. The number of anilines is 2. The number of fused-ring (bicyclic) bond motifs is 1. The van der Waals surface area contributed by atoms with Crippen LogP contribution in [0.5, 0.6) is 0 Å². The molecule has 0 spiro atoms. The molecule has 0 fully saturated rings. The van der Waals surface area contributed by atoms with Gasteiger partial charge in [0.15, 0.2) is 0 Å². The van der Waals surface area contributed by atoms with Gasteiger partial charge in [-0.05, 0) is 12.1 Å². The summed E-state index contributed by atoms with van der Waals surface area (Å²) in [6, 6.07) is 9.74. The fourth-order valence-electron chi connectivity index (χ4n) is 2.21. The lowest BCUT2D eigenvalue weighted by atomic mass is 10.2. The van der Waals surface area contributed by atoms with E-state index in [2.05, 4.69) is 25.6 Å². The van der Waals surface area contributed by atoms with E-state index >= 15 is 0 Å². The van der Waals surface area contributed by atoms with Gasteiger partial charge in [-0.2, -0.15) is 0 Å². The minimum atomic E-state index is -0.280. The lowest BCUT2D eigenvalue weighted by Crippen LogP contribution is -2.27. The summed E-state index contributed by atoms with van der Waals surface area (Å²) < 4.78 is 4.88. The topological polar surface area (TPSA) is 89.0 Å². The average molecular weight is 323 g/mol. The second-order valence-corrected chi connectivity index (χ2v) is 5.04. The van der Waals surface area contributed by atoms with E-state index in [1.165, 1.54) is 12.4 Å². The summed E-state index contributed by atoms with van der Waals surface area (Å²) in [5, 5.41) is 6.91. The Morgan fingerprint density at radius 3 is 2.79 bits per heavy atom. The molecule has 0 saturated heterocycles. The van der Waals surface area contributed by atoms with E-state index in [1.807, 2.05) is 30.3 Å². The molecule has 1 aromatic carbocycles. The Balaban J connectivity index is 1.73. The first kappa shape index (κ1) is 15.8. The Morgan fingerprint density at radius 1 is 1.12 bits per heavy atom. The first-order valence-electron chi connectivity index (χ1n) is 7.48. The fourth-order valence-corrected chi connectivity index (χ4v) is 2.21. The zero-order valence-corrected chi connectivity index (χ0v) is 13.2. The molecule has 1 amide bonds. The molecule has 0 aliphatic rings. The van der Waals surface area contributed by atoms with Crippen LogP contribution in [-0.4, -0.2) is 41.1 Å². The predicted octanol–water partition coefficient (Wildman–Crippen LogP) is 2.14. The van der Waals surface area contributed by atoms with Crippen LogP contribution in [0.2, 0.25) is 0 Å². The van der Waals surface area contributed by atoms with Gasteiger partial charge >= 0.3 is 0 Å². The summed E-state index contributed by atoms with van der Waals surface area (Å²) in [5.74, 6) is 0.263. The van der Waals surface area contributed by atoms with Crippen molar-refractivity contribution in [1.29, 1.82) is 0 Å². The zero-order valence-electron chi connectivity index (χ0n) is 13.2. The van der Waals surface area contributed by atoms with Crippen molar-refractivity contribution >= 4 is 28.3 Å². The first-order valence-corrected chi connectivity index (χ1v) is 7.48. The number of hydrogen-bond acceptors (Lipinski definition) is 6. The molecule has 0 radical (unpaired) electrons. The highest BCUT2D eigenvalue weighted by Crippen LogP contribution is 2.23. The van der Waals surface area contributed by atoms with E-state index in [1.54, 1.807) is 13.3 Å². The predicted molar refractivity (Wildman–Crippen MR) is 91.3 cm³/mol. The van der Waals surface area contributed by atoms with Crippen molar-refractivity contribution in [2.75, 3.05) is 25.6 Å². The summed E-state index contributed by atoms with van der Waals surface area (Å²) in [6.45, 7) is 0.881. The molecule has 0 atom stereocenters. The monoisotopic (exact) mass is 323 g/mol. The number of aromatic nitrogens is 3. The Kier molecular flexibility index (Phi) is 4.93. The second kappa shape index (κ2) is 7.47. The van der Waals surface area contributed by atoms with Gasteiger partial charge in [0.05, 0.1) is 30.2 Å². The number of nitrogens with zero attached hydrogens (tertiary/aromatic N) is 3. The molecule has 2 heterocycles. The lowest BCUT2D eigenvalue weighted by molar-refractivity contribution is 0.0932. The third-order valence-electron chi connectivity index (χ3n) is 3.37. The van der Waals surface area contributed by atoms with Crippen LogP contribution < -0.4 is 10.6 Å². The zero-order chi connectivity index (χ0) is 16.8. The number of amides is 1. The van der Waals surface area contributed by atoms with E-state index in [0.717, 1.165) is 16.6 Å². The maximum atomic E-state index is 11.9. The summed E-state index contributed by atoms with van der Waals surface area (Å²) in [7, 11) is 1.58. The summed E-state index contributed by atoms with van der Waals surface area (Å²) in [5.41, 5.74) is 1.94. The average Bonchev–Trinajstić information content (AvgIpc) is 2.63. The van der Waals surface area contributed by atoms with E-state index < -0.39 is 0 Å². The number of carbonyl (C=O) groups is 1. The third kappa shape index (κ3) is 3.64. The number of hydrogen-bond donors (Lipinski definition) is 2. The Morgan fingerprint density at radius 2 is 2.00 bits per heavy atom. The summed E-state index contributed by atoms with van der Waals surface area (Å²) in [6.07, 6.45) is 4.70. The molecule has 7 heteroatoms. The summed E-state index contributed by atoms with van der Waals surface area (Å²) in [4.78, 5) is 24.6. The number of methoxy groups -OCH3 is 1. The number of rotatable bonds is 6. The highest BCUT2D eigenvalue weighted by molar-refractivity contribution is 5.93. The molecule has 122 valence electrons. The number of benzene rings is 1. The summed E-state index contributed by atoms with van der Waals surface area (Å²) >= 11 is 0. The molecule has 2 N–H and O–H groups in total. The van der Waals surface area contributed by atoms with E-state index in [9.17, 15) is 4.79 Å². The minimum absolute atomic E-state index is 0.257. The maximum Gasteiger partial charge on any atom is 0.271 e. The van der Waals surface area contributed by atoms with Gasteiger partial charge in [-0.15, -0.1) is 0 Å². The fraction of sp³-hybridized carbons (Fsp3) is 0.176. The number of carbonyl (C=O) groups excluding carboxylic acids is 1. The molecule has 0 bridgehead atoms. The van der Waals surface area contributed by atoms with Crippen LogP contribution in [0, 0.1) is 0 Å². The van der Waals surface area contributed by atoms with Gasteiger partial charge in [0.25, 0.3) is 5.91 Å². The van der Waals surface area contributed by atoms with Gasteiger partial charge < -0.3 is 15.4 Å². The van der Waals surface area contributed by atoms with E-state index in [0.29, 0.717) is 19.0 Å². The number of para-hydroxylation sites is 1. The van der Waals surface area contributed by atoms with Gasteiger partial charge in [-0.3, -0.25) is 9.78 Å². The minimum Gasteiger partial charge on any atom is -0.383 e. The maximum absolute atomic E-state index is 11.9. The first-order chi connectivity index (χ1) is 11.8. The molecule has 2 aromatic heterocycles. The van der Waals surface area contributed by atoms with Crippen molar-refractivity contribution < 1.29 is 9.53 Å². The standard InChI is InChI=1S/C17H17N5O2/c1-24-9-8-19-17(23)14-10-21-15(11-20-14)22-13-6-2-4-12-5-3-7-18-16(12)13/h2-7,10-11H,8-9H2,1H3,(H,19,23)(H,21,22). The van der Waals surface area contributed by atoms with E-state index in [-0.39, 0.29) is 11.6 Å². The Hall–Kier alpha value is -3.06. The Bertz CT molecular complexity index is 831. The molecule has 24 heavy (non-hydrogen) atoms. The number of nitrogens with one attached hydrogen (secondary N) is 2. The molecule has 3 aromatic rings. The lowest BCUT2D eigenvalue weighted by Gasteiger charge is -2.08. The SMILES string of the molecule is COCCNC(=O)c1cnc(Nc2cccc3cccnc23)cn1. The third-order valence-corrected chi connectivity index (χ3v) is 3.37. The quantitative estimate of drug-likeness (QED) is 0.676. The van der Waals surface area contributed by atoms with Crippen molar-refractivity contribution in [1.82, 2.24) is 20.3 Å². The van der Waals surface area contributed by atoms with Gasteiger partial charge in [-0.1, -0.05) is 18.2 Å². The molecule has 0 aliphatic heterocycles. The van der Waals surface area contributed by atoms with E-state index in [4.69, 9.17) is 4.74 Å².